The maximum absolute atomic E-state index is 12.4. The first-order valence-corrected chi connectivity index (χ1v) is 8.30. The number of benzene rings is 2. The molecular weight excluding hydrogens is 318 g/mol. The zero-order valence-corrected chi connectivity index (χ0v) is 14.3. The van der Waals surface area contributed by atoms with Crippen LogP contribution in [0.1, 0.15) is 24.5 Å². The Bertz CT molecular complexity index is 631. The van der Waals surface area contributed by atoms with E-state index in [1.54, 1.807) is 6.92 Å². The lowest BCUT2D eigenvalue weighted by Gasteiger charge is -2.29. The fourth-order valence-electron chi connectivity index (χ4n) is 2.68. The fraction of sp³-hybridized carbons (Fsp3) is 0.300. The Kier molecular flexibility index (Phi) is 7.16. The van der Waals surface area contributed by atoms with E-state index in [2.05, 4.69) is 0 Å². The first-order valence-electron chi connectivity index (χ1n) is 8.30. The molecule has 1 N–H and O–H groups in total. The van der Waals surface area contributed by atoms with Crippen molar-refractivity contribution in [2.45, 2.75) is 32.5 Å². The van der Waals surface area contributed by atoms with E-state index in [0.717, 1.165) is 11.1 Å². The normalized spacial score (nSPS) is 11.9. The molecule has 2 aromatic rings. The van der Waals surface area contributed by atoms with Crippen molar-refractivity contribution in [2.75, 3.05) is 6.61 Å². The molecule has 0 aliphatic heterocycles. The molecule has 2 aromatic carbocycles. The second-order valence-corrected chi connectivity index (χ2v) is 5.74. The van der Waals surface area contributed by atoms with Crippen molar-refractivity contribution in [3.8, 4) is 0 Å². The second kappa shape index (κ2) is 9.59. The maximum atomic E-state index is 12.4. The molecule has 0 fully saturated rings. The van der Waals surface area contributed by atoms with Gasteiger partial charge in [0.1, 0.15) is 6.04 Å². The van der Waals surface area contributed by atoms with Crippen LogP contribution in [0.15, 0.2) is 60.7 Å². The largest absolute Gasteiger partial charge is 0.481 e. The zero-order chi connectivity index (χ0) is 18.1. The van der Waals surface area contributed by atoms with E-state index in [9.17, 15) is 14.7 Å². The van der Waals surface area contributed by atoms with E-state index in [1.165, 1.54) is 0 Å². The molecule has 1 atom stereocenters. The van der Waals surface area contributed by atoms with E-state index in [0.29, 0.717) is 13.1 Å². The van der Waals surface area contributed by atoms with Gasteiger partial charge < -0.3 is 9.84 Å². The number of aliphatic carboxylic acids is 1. The van der Waals surface area contributed by atoms with Crippen LogP contribution in [0.4, 0.5) is 0 Å². The molecule has 0 radical (unpaired) electrons. The number of hydrogen-bond donors (Lipinski definition) is 1. The van der Waals surface area contributed by atoms with Gasteiger partial charge in [-0.1, -0.05) is 60.7 Å². The van der Waals surface area contributed by atoms with Crippen LogP contribution in [-0.4, -0.2) is 34.6 Å². The molecule has 0 heterocycles. The molecule has 5 nitrogen and oxygen atoms in total. The average Bonchev–Trinajstić information content (AvgIpc) is 2.61. The third-order valence-electron chi connectivity index (χ3n) is 3.82. The number of carbonyl (C=O) groups excluding carboxylic acids is 1. The van der Waals surface area contributed by atoms with Gasteiger partial charge in [0.25, 0.3) is 0 Å². The Morgan fingerprint density at radius 2 is 1.44 bits per heavy atom. The van der Waals surface area contributed by atoms with Gasteiger partial charge in [-0.05, 0) is 18.1 Å². The lowest BCUT2D eigenvalue weighted by Crippen LogP contribution is -2.43. The summed E-state index contributed by atoms with van der Waals surface area (Å²) < 4.78 is 5.12. The van der Waals surface area contributed by atoms with Crippen LogP contribution in [0, 0.1) is 0 Å². The molecule has 0 aromatic heterocycles. The molecule has 5 heteroatoms. The highest BCUT2D eigenvalue weighted by Crippen LogP contribution is 2.17. The number of carbonyl (C=O) groups is 2. The highest BCUT2D eigenvalue weighted by atomic mass is 16.5. The molecule has 2 rings (SSSR count). The van der Waals surface area contributed by atoms with Crippen LogP contribution in [-0.2, 0) is 27.4 Å². The maximum Gasteiger partial charge on any atom is 0.323 e. The smallest absolute Gasteiger partial charge is 0.323 e. The number of rotatable bonds is 9. The zero-order valence-electron chi connectivity index (χ0n) is 14.3. The van der Waals surface area contributed by atoms with E-state index in [4.69, 9.17) is 4.74 Å². The van der Waals surface area contributed by atoms with Gasteiger partial charge in [0.15, 0.2) is 0 Å². The Morgan fingerprint density at radius 3 is 1.84 bits per heavy atom. The second-order valence-electron chi connectivity index (χ2n) is 5.74. The SMILES string of the molecule is CCOC(=O)[C@H](CC(=O)O)N(Cc1ccccc1)Cc1ccccc1. The fourth-order valence-corrected chi connectivity index (χ4v) is 2.68. The van der Waals surface area contributed by atoms with Crippen molar-refractivity contribution in [1.29, 1.82) is 0 Å². The van der Waals surface area contributed by atoms with Crippen LogP contribution in [0.25, 0.3) is 0 Å². The van der Waals surface area contributed by atoms with Crippen molar-refractivity contribution >= 4 is 11.9 Å². The molecular formula is C20H23NO4. The van der Waals surface area contributed by atoms with Crippen molar-refractivity contribution in [1.82, 2.24) is 4.90 Å². The predicted octanol–water partition coefficient (Wildman–Crippen LogP) is 3.10. The van der Waals surface area contributed by atoms with Crippen molar-refractivity contribution in [2.24, 2.45) is 0 Å². The molecule has 132 valence electrons. The minimum atomic E-state index is -1.02. The predicted molar refractivity (Wildman–Crippen MR) is 94.8 cm³/mol. The minimum Gasteiger partial charge on any atom is -0.481 e. The number of ether oxygens (including phenoxy) is 1. The van der Waals surface area contributed by atoms with Gasteiger partial charge in [-0.3, -0.25) is 14.5 Å². The van der Waals surface area contributed by atoms with Gasteiger partial charge in [-0.2, -0.15) is 0 Å². The van der Waals surface area contributed by atoms with Crippen molar-refractivity contribution in [3.63, 3.8) is 0 Å². The molecule has 0 amide bonds. The van der Waals surface area contributed by atoms with Crippen molar-refractivity contribution in [3.05, 3.63) is 71.8 Å². The van der Waals surface area contributed by atoms with Gasteiger partial charge in [0.2, 0.25) is 0 Å². The molecule has 0 saturated heterocycles. The Morgan fingerprint density at radius 1 is 0.960 bits per heavy atom. The number of esters is 1. The standard InChI is InChI=1S/C20H23NO4/c1-2-25-20(24)18(13-19(22)23)21(14-16-9-5-3-6-10-16)15-17-11-7-4-8-12-17/h3-12,18H,2,13-15H2,1H3,(H,22,23)/t18-/m0/s1. The molecule has 25 heavy (non-hydrogen) atoms. The number of nitrogens with zero attached hydrogens (tertiary/aromatic N) is 1. The third kappa shape index (κ3) is 6.04. The van der Waals surface area contributed by atoms with Gasteiger partial charge in [0, 0.05) is 13.1 Å². The van der Waals surface area contributed by atoms with E-state index in [1.807, 2.05) is 65.6 Å². The summed E-state index contributed by atoms with van der Waals surface area (Å²) in [6.45, 7) is 2.87. The summed E-state index contributed by atoms with van der Waals surface area (Å²) in [6, 6.07) is 18.5. The average molecular weight is 341 g/mol. The summed E-state index contributed by atoms with van der Waals surface area (Å²) >= 11 is 0. The molecule has 0 bridgehead atoms. The molecule has 0 unspecified atom stereocenters. The van der Waals surface area contributed by atoms with E-state index >= 15 is 0 Å². The summed E-state index contributed by atoms with van der Waals surface area (Å²) in [6.07, 6.45) is -0.293. The van der Waals surface area contributed by atoms with Crippen molar-refractivity contribution < 1.29 is 19.4 Å². The molecule has 0 saturated carbocycles. The first kappa shape index (κ1) is 18.7. The van der Waals surface area contributed by atoms with Gasteiger partial charge >= 0.3 is 11.9 Å². The van der Waals surface area contributed by atoms with E-state index in [-0.39, 0.29) is 13.0 Å². The Hall–Kier alpha value is -2.66. The summed E-state index contributed by atoms with van der Waals surface area (Å²) in [7, 11) is 0. The topological polar surface area (TPSA) is 66.8 Å². The summed E-state index contributed by atoms with van der Waals surface area (Å²) in [5.41, 5.74) is 2.02. The lowest BCUT2D eigenvalue weighted by atomic mass is 10.1. The van der Waals surface area contributed by atoms with E-state index < -0.39 is 18.0 Å². The van der Waals surface area contributed by atoms with Gasteiger partial charge in [0.05, 0.1) is 13.0 Å². The number of hydrogen-bond acceptors (Lipinski definition) is 4. The number of carboxylic acid groups (broad SMARTS) is 1. The highest BCUT2D eigenvalue weighted by Gasteiger charge is 2.30. The van der Waals surface area contributed by atoms with Crippen LogP contribution in [0.3, 0.4) is 0 Å². The lowest BCUT2D eigenvalue weighted by molar-refractivity contribution is -0.155. The monoisotopic (exact) mass is 341 g/mol. The highest BCUT2D eigenvalue weighted by molar-refractivity contribution is 5.82. The summed E-state index contributed by atoms with van der Waals surface area (Å²) in [5.74, 6) is -1.53. The molecule has 0 aliphatic rings. The van der Waals surface area contributed by atoms with Gasteiger partial charge in [-0.25, -0.2) is 0 Å². The van der Waals surface area contributed by atoms with Crippen LogP contribution in [0.5, 0.6) is 0 Å². The van der Waals surface area contributed by atoms with Crippen LogP contribution >= 0.6 is 0 Å². The minimum absolute atomic E-state index is 0.222. The quantitative estimate of drug-likeness (QED) is 0.710. The van der Waals surface area contributed by atoms with Crippen LogP contribution in [0.2, 0.25) is 0 Å². The summed E-state index contributed by atoms with van der Waals surface area (Å²) in [5, 5.41) is 9.25. The van der Waals surface area contributed by atoms with Gasteiger partial charge in [-0.15, -0.1) is 0 Å². The number of carboxylic acids is 1. The first-order chi connectivity index (χ1) is 12.1. The van der Waals surface area contributed by atoms with Crippen LogP contribution < -0.4 is 0 Å². The third-order valence-corrected chi connectivity index (χ3v) is 3.82. The Labute approximate surface area is 147 Å². The molecule has 0 spiro atoms. The molecule has 0 aliphatic carbocycles. The Balaban J connectivity index is 2.28. The summed E-state index contributed by atoms with van der Waals surface area (Å²) in [4.78, 5) is 25.5.